The van der Waals surface area contributed by atoms with Crippen LogP contribution in [0.4, 0.5) is 4.79 Å². The number of nitrogens with zero attached hydrogens (tertiary/aromatic N) is 1. The molecule has 1 saturated carbocycles. The fraction of sp³-hybridized carbons (Fsp3) is 0.846. The van der Waals surface area contributed by atoms with Crippen LogP contribution in [0.1, 0.15) is 39.0 Å². The van der Waals surface area contributed by atoms with Gasteiger partial charge in [-0.2, -0.15) is 0 Å². The molecule has 2 rings (SSSR count). The minimum atomic E-state index is -0.799. The van der Waals surface area contributed by atoms with E-state index in [0.717, 1.165) is 12.3 Å². The molecule has 102 valence electrons. The summed E-state index contributed by atoms with van der Waals surface area (Å²) in [6, 6.07) is 0.0732. The van der Waals surface area contributed by atoms with E-state index in [4.69, 9.17) is 5.11 Å². The van der Waals surface area contributed by atoms with E-state index in [-0.39, 0.29) is 12.1 Å². The van der Waals surface area contributed by atoms with Crippen molar-refractivity contribution in [1.82, 2.24) is 10.2 Å². The summed E-state index contributed by atoms with van der Waals surface area (Å²) >= 11 is 0. The van der Waals surface area contributed by atoms with Gasteiger partial charge >= 0.3 is 12.0 Å². The van der Waals surface area contributed by atoms with Crippen molar-refractivity contribution >= 4 is 12.0 Å². The second-order valence-electron chi connectivity index (χ2n) is 5.64. The highest BCUT2D eigenvalue weighted by Gasteiger charge is 2.31. The first-order valence-corrected chi connectivity index (χ1v) is 6.84. The number of amides is 2. The van der Waals surface area contributed by atoms with Crippen LogP contribution >= 0.6 is 0 Å². The zero-order chi connectivity index (χ0) is 13.1. The van der Waals surface area contributed by atoms with E-state index in [9.17, 15) is 9.59 Å². The minimum Gasteiger partial charge on any atom is -0.481 e. The fourth-order valence-electron chi connectivity index (χ4n) is 2.41. The molecule has 5 heteroatoms. The molecule has 1 aliphatic carbocycles. The molecule has 0 bridgehead atoms. The number of hydrogen-bond donors (Lipinski definition) is 2. The largest absolute Gasteiger partial charge is 0.481 e. The number of nitrogens with one attached hydrogen (secondary N) is 1. The number of carbonyl (C=O) groups is 2. The monoisotopic (exact) mass is 254 g/mol. The number of carboxylic acids is 1. The molecule has 0 aromatic carbocycles. The Kier molecular flexibility index (Phi) is 4.09. The lowest BCUT2D eigenvalue weighted by Gasteiger charge is -2.20. The smallest absolute Gasteiger partial charge is 0.317 e. The molecule has 1 heterocycles. The maximum absolute atomic E-state index is 11.9. The van der Waals surface area contributed by atoms with E-state index in [2.05, 4.69) is 5.32 Å². The molecule has 18 heavy (non-hydrogen) atoms. The molecule has 2 fully saturated rings. The summed E-state index contributed by atoms with van der Waals surface area (Å²) in [6.07, 6.45) is 5.46. The van der Waals surface area contributed by atoms with Gasteiger partial charge in [0.1, 0.15) is 0 Å². The van der Waals surface area contributed by atoms with Crippen LogP contribution in [0, 0.1) is 11.8 Å². The maximum atomic E-state index is 11.9. The van der Waals surface area contributed by atoms with Gasteiger partial charge in [-0.25, -0.2) is 4.79 Å². The Hall–Kier alpha value is -1.26. The molecule has 2 unspecified atom stereocenters. The molecule has 0 aromatic heterocycles. The zero-order valence-electron chi connectivity index (χ0n) is 10.9. The van der Waals surface area contributed by atoms with Crippen LogP contribution in [0.2, 0.25) is 0 Å². The Bertz CT molecular complexity index is 328. The Morgan fingerprint density at radius 2 is 2.11 bits per heavy atom. The third kappa shape index (κ3) is 3.62. The summed E-state index contributed by atoms with van der Waals surface area (Å²) in [5.74, 6) is -0.308. The standard InChI is InChI=1S/C13H22N2O3/c1-9(2-3-10-4-5-10)14-13(18)15-7-6-11(8-15)12(16)17/h9-11H,2-8H2,1H3,(H,14,18)(H,16,17). The highest BCUT2D eigenvalue weighted by Crippen LogP contribution is 2.33. The molecule has 2 amide bonds. The fourth-order valence-corrected chi connectivity index (χ4v) is 2.41. The Labute approximate surface area is 108 Å². The van der Waals surface area contributed by atoms with Crippen LogP contribution in [0.25, 0.3) is 0 Å². The minimum absolute atomic E-state index is 0.109. The first kappa shape index (κ1) is 13.2. The Balaban J connectivity index is 1.68. The summed E-state index contributed by atoms with van der Waals surface area (Å²) in [5, 5.41) is 11.8. The Morgan fingerprint density at radius 3 is 2.67 bits per heavy atom. The van der Waals surface area contributed by atoms with Gasteiger partial charge < -0.3 is 15.3 Å². The van der Waals surface area contributed by atoms with Gasteiger partial charge in [0.2, 0.25) is 0 Å². The molecule has 0 aromatic rings. The van der Waals surface area contributed by atoms with Gasteiger partial charge in [0.15, 0.2) is 0 Å². The van der Waals surface area contributed by atoms with E-state index in [1.165, 1.54) is 19.3 Å². The molecule has 1 aliphatic heterocycles. The van der Waals surface area contributed by atoms with Crippen molar-refractivity contribution in [2.24, 2.45) is 11.8 Å². The highest BCUT2D eigenvalue weighted by atomic mass is 16.4. The second kappa shape index (κ2) is 5.59. The van der Waals surface area contributed by atoms with Gasteiger partial charge in [-0.15, -0.1) is 0 Å². The van der Waals surface area contributed by atoms with Gasteiger partial charge in [-0.1, -0.05) is 12.8 Å². The van der Waals surface area contributed by atoms with Gasteiger partial charge in [-0.3, -0.25) is 4.79 Å². The first-order valence-electron chi connectivity index (χ1n) is 6.84. The first-order chi connectivity index (χ1) is 8.56. The van der Waals surface area contributed by atoms with Gasteiger partial charge in [0, 0.05) is 19.1 Å². The van der Waals surface area contributed by atoms with Crippen LogP contribution in [-0.4, -0.2) is 41.1 Å². The van der Waals surface area contributed by atoms with Crippen LogP contribution < -0.4 is 5.32 Å². The lowest BCUT2D eigenvalue weighted by molar-refractivity contribution is -0.141. The predicted octanol–water partition coefficient (Wildman–Crippen LogP) is 1.68. The van der Waals surface area contributed by atoms with Crippen LogP contribution in [0.3, 0.4) is 0 Å². The summed E-state index contributed by atoms with van der Waals surface area (Å²) in [6.45, 7) is 2.92. The molecule has 0 spiro atoms. The zero-order valence-corrected chi connectivity index (χ0v) is 10.9. The topological polar surface area (TPSA) is 69.6 Å². The van der Waals surface area contributed by atoms with Crippen molar-refractivity contribution in [1.29, 1.82) is 0 Å². The van der Waals surface area contributed by atoms with Gasteiger partial charge in [0.25, 0.3) is 0 Å². The lowest BCUT2D eigenvalue weighted by atomic mass is 10.1. The summed E-state index contributed by atoms with van der Waals surface area (Å²) in [7, 11) is 0. The van der Waals surface area contributed by atoms with E-state index in [1.807, 2.05) is 6.92 Å². The van der Waals surface area contributed by atoms with Gasteiger partial charge in [0.05, 0.1) is 5.92 Å². The summed E-state index contributed by atoms with van der Waals surface area (Å²) < 4.78 is 0. The van der Waals surface area contributed by atoms with E-state index < -0.39 is 11.9 Å². The molecular formula is C13H22N2O3. The summed E-state index contributed by atoms with van der Waals surface area (Å²) in [4.78, 5) is 24.3. The van der Waals surface area contributed by atoms with Crippen LogP contribution in [-0.2, 0) is 4.79 Å². The van der Waals surface area contributed by atoms with Crippen LogP contribution in [0.5, 0.6) is 0 Å². The average molecular weight is 254 g/mol. The number of carbonyl (C=O) groups excluding carboxylic acids is 1. The third-order valence-corrected chi connectivity index (χ3v) is 3.90. The molecule has 0 radical (unpaired) electrons. The number of carboxylic acid groups (broad SMARTS) is 1. The number of urea groups is 1. The number of likely N-dealkylation sites (tertiary alicyclic amines) is 1. The molecule has 2 atom stereocenters. The SMILES string of the molecule is CC(CCC1CC1)NC(=O)N1CCC(C(=O)O)C1. The average Bonchev–Trinajstić information content (AvgIpc) is 3.00. The molecule has 2 N–H and O–H groups in total. The van der Waals surface area contributed by atoms with Crippen LogP contribution in [0.15, 0.2) is 0 Å². The number of hydrogen-bond acceptors (Lipinski definition) is 2. The number of aliphatic carboxylic acids is 1. The molecular weight excluding hydrogens is 232 g/mol. The Morgan fingerprint density at radius 1 is 1.39 bits per heavy atom. The van der Waals surface area contributed by atoms with Gasteiger partial charge in [-0.05, 0) is 32.1 Å². The maximum Gasteiger partial charge on any atom is 0.317 e. The van der Waals surface area contributed by atoms with Crippen molar-refractivity contribution in [2.75, 3.05) is 13.1 Å². The third-order valence-electron chi connectivity index (χ3n) is 3.90. The molecule has 5 nitrogen and oxygen atoms in total. The molecule has 2 aliphatic rings. The normalized spacial score (nSPS) is 24.9. The van der Waals surface area contributed by atoms with Crippen molar-refractivity contribution in [3.63, 3.8) is 0 Å². The van der Waals surface area contributed by atoms with Crippen molar-refractivity contribution in [3.05, 3.63) is 0 Å². The number of rotatable bonds is 5. The van der Waals surface area contributed by atoms with E-state index in [0.29, 0.717) is 19.5 Å². The molecule has 1 saturated heterocycles. The quantitative estimate of drug-likeness (QED) is 0.784. The predicted molar refractivity (Wildman–Crippen MR) is 67.3 cm³/mol. The lowest BCUT2D eigenvalue weighted by Crippen LogP contribution is -2.43. The van der Waals surface area contributed by atoms with Crippen molar-refractivity contribution in [3.8, 4) is 0 Å². The summed E-state index contributed by atoms with van der Waals surface area (Å²) in [5.41, 5.74) is 0. The highest BCUT2D eigenvalue weighted by molar-refractivity contribution is 5.77. The van der Waals surface area contributed by atoms with E-state index >= 15 is 0 Å². The van der Waals surface area contributed by atoms with Crippen molar-refractivity contribution in [2.45, 2.75) is 45.1 Å². The van der Waals surface area contributed by atoms with E-state index in [1.54, 1.807) is 4.90 Å². The second-order valence-corrected chi connectivity index (χ2v) is 5.64. The van der Waals surface area contributed by atoms with Crippen molar-refractivity contribution < 1.29 is 14.7 Å².